The smallest absolute Gasteiger partial charge is 0.266 e. The molecule has 170 valence electrons. The van der Waals surface area contributed by atoms with Crippen LogP contribution >= 0.6 is 23.2 Å². The molecule has 1 heterocycles. The Morgan fingerprint density at radius 2 is 1.73 bits per heavy atom. The Labute approximate surface area is 195 Å². The van der Waals surface area contributed by atoms with E-state index in [1.54, 1.807) is 4.72 Å². The fourth-order valence-corrected chi connectivity index (χ4v) is 4.11. The van der Waals surface area contributed by atoms with E-state index in [1.807, 2.05) is 0 Å². The molecule has 1 N–H and O–H groups in total. The molecule has 1 aromatic heterocycles. The van der Waals surface area contributed by atoms with Crippen molar-refractivity contribution >= 4 is 50.0 Å². The molecule has 6 nitrogen and oxygen atoms in total. The summed E-state index contributed by atoms with van der Waals surface area (Å²) in [7, 11) is -3.90. The summed E-state index contributed by atoms with van der Waals surface area (Å²) in [6.45, 7) is 0. The molecule has 3 aromatic carbocycles. The predicted molar refractivity (Wildman–Crippen MR) is 119 cm³/mol. The van der Waals surface area contributed by atoms with Gasteiger partial charge in [-0.15, -0.1) is 0 Å². The number of benzene rings is 3. The summed E-state index contributed by atoms with van der Waals surface area (Å²) in [5.74, 6) is -3.73. The highest BCUT2D eigenvalue weighted by molar-refractivity contribution is 7.89. The highest BCUT2D eigenvalue weighted by atomic mass is 35.5. The molecule has 0 saturated carbocycles. The van der Waals surface area contributed by atoms with Crippen LogP contribution in [0, 0.1) is 17.5 Å². The van der Waals surface area contributed by atoms with E-state index in [1.165, 1.54) is 24.3 Å². The summed E-state index contributed by atoms with van der Waals surface area (Å²) in [5.41, 5.74) is -0.261. The van der Waals surface area contributed by atoms with E-state index in [4.69, 9.17) is 23.2 Å². The number of amides is 1. The van der Waals surface area contributed by atoms with Crippen molar-refractivity contribution in [2.75, 3.05) is 6.26 Å². The first-order valence-electron chi connectivity index (χ1n) is 9.10. The minimum absolute atomic E-state index is 0.0435. The largest absolute Gasteiger partial charge is 0.268 e. The lowest BCUT2D eigenvalue weighted by Gasteiger charge is -2.10. The molecule has 12 heteroatoms. The van der Waals surface area contributed by atoms with Crippen molar-refractivity contribution in [1.82, 2.24) is 14.5 Å². The van der Waals surface area contributed by atoms with Crippen molar-refractivity contribution in [3.63, 3.8) is 0 Å². The molecule has 0 saturated heterocycles. The highest BCUT2D eigenvalue weighted by Gasteiger charge is 2.22. The quantitative estimate of drug-likeness (QED) is 0.411. The van der Waals surface area contributed by atoms with E-state index in [0.717, 1.165) is 29.1 Å². The number of hydrogen-bond acceptors (Lipinski definition) is 4. The van der Waals surface area contributed by atoms with Crippen molar-refractivity contribution in [3.05, 3.63) is 81.6 Å². The average molecular weight is 514 g/mol. The van der Waals surface area contributed by atoms with Crippen LogP contribution in [0.4, 0.5) is 13.2 Å². The lowest BCUT2D eigenvalue weighted by atomic mass is 10.1. The Bertz CT molecular complexity index is 1560. The van der Waals surface area contributed by atoms with Crippen LogP contribution < -0.4 is 4.72 Å². The van der Waals surface area contributed by atoms with Gasteiger partial charge >= 0.3 is 0 Å². The number of hydrogen-bond donors (Lipinski definition) is 1. The maximum Gasteiger partial charge on any atom is 0.266 e. The first-order chi connectivity index (χ1) is 15.4. The predicted octanol–water partition coefficient (Wildman–Crippen LogP) is 5.11. The monoisotopic (exact) mass is 513 g/mol. The van der Waals surface area contributed by atoms with Crippen molar-refractivity contribution in [2.24, 2.45) is 0 Å². The number of halogens is 5. The lowest BCUT2D eigenvalue weighted by Crippen LogP contribution is -2.29. The maximum atomic E-state index is 15.1. The van der Waals surface area contributed by atoms with Crippen LogP contribution in [0.3, 0.4) is 0 Å². The number of carbonyl (C=O) groups excluding carboxylic acids is 1. The zero-order chi connectivity index (χ0) is 24.1. The Morgan fingerprint density at radius 3 is 2.39 bits per heavy atom. The summed E-state index contributed by atoms with van der Waals surface area (Å²) >= 11 is 12.2. The Hall–Kier alpha value is -3.08. The van der Waals surface area contributed by atoms with Crippen molar-refractivity contribution in [1.29, 1.82) is 0 Å². The van der Waals surface area contributed by atoms with Gasteiger partial charge in [-0.2, -0.15) is 5.10 Å². The fourth-order valence-electron chi connectivity index (χ4n) is 3.25. The molecule has 0 spiro atoms. The van der Waals surface area contributed by atoms with Gasteiger partial charge in [-0.25, -0.2) is 31.0 Å². The number of nitrogens with one attached hydrogen (secondary N) is 1. The lowest BCUT2D eigenvalue weighted by molar-refractivity contribution is 0.0981. The molecule has 0 aliphatic carbocycles. The first-order valence-corrected chi connectivity index (χ1v) is 11.7. The zero-order valence-corrected chi connectivity index (χ0v) is 18.9. The van der Waals surface area contributed by atoms with Gasteiger partial charge in [0.15, 0.2) is 0 Å². The van der Waals surface area contributed by atoms with Crippen LogP contribution in [0.2, 0.25) is 10.0 Å². The molecule has 0 unspecified atom stereocenters. The van der Waals surface area contributed by atoms with E-state index in [9.17, 15) is 22.0 Å². The molecule has 0 atom stereocenters. The van der Waals surface area contributed by atoms with E-state index in [-0.39, 0.29) is 22.0 Å². The van der Waals surface area contributed by atoms with Gasteiger partial charge in [0, 0.05) is 22.0 Å². The summed E-state index contributed by atoms with van der Waals surface area (Å²) in [5, 5.41) is 4.70. The summed E-state index contributed by atoms with van der Waals surface area (Å²) in [6, 6.07) is 9.32. The molecule has 0 fully saturated rings. The van der Waals surface area contributed by atoms with Crippen LogP contribution in [0.25, 0.3) is 27.8 Å². The number of carbonyl (C=O) groups is 1. The molecule has 0 aliphatic rings. The van der Waals surface area contributed by atoms with Crippen molar-refractivity contribution in [3.8, 4) is 16.9 Å². The molecule has 33 heavy (non-hydrogen) atoms. The normalized spacial score (nSPS) is 11.7. The summed E-state index contributed by atoms with van der Waals surface area (Å²) in [6.07, 6.45) is 0.765. The fraction of sp³-hybridized carbons (Fsp3) is 0.0476. The van der Waals surface area contributed by atoms with Gasteiger partial charge in [0.25, 0.3) is 5.91 Å². The molecular formula is C21H12Cl2F3N3O3S. The SMILES string of the molecule is CS(=O)(=O)NC(=O)c1cc(F)c(-n2nc(-c3ccc(F)cc3F)c3cc(Cl)ccc32)cc1Cl. The third-order valence-electron chi connectivity index (χ3n) is 4.62. The molecule has 4 rings (SSSR count). The zero-order valence-electron chi connectivity index (χ0n) is 16.5. The Balaban J connectivity index is 1.92. The highest BCUT2D eigenvalue weighted by Crippen LogP contribution is 2.35. The van der Waals surface area contributed by atoms with Gasteiger partial charge in [-0.3, -0.25) is 4.79 Å². The van der Waals surface area contributed by atoms with Gasteiger partial charge < -0.3 is 0 Å². The second-order valence-corrected chi connectivity index (χ2v) is 9.62. The van der Waals surface area contributed by atoms with Crippen LogP contribution in [0.15, 0.2) is 48.5 Å². The number of fused-ring (bicyclic) bond motifs is 1. The van der Waals surface area contributed by atoms with Crippen molar-refractivity contribution in [2.45, 2.75) is 0 Å². The Kier molecular flexibility index (Phi) is 5.85. The number of nitrogens with zero attached hydrogens (tertiary/aromatic N) is 2. The standard InChI is InChI=1S/C21H12Cl2F3N3O3S/c1-33(31,32)28-21(30)13-8-17(26)19(9-15(13)23)29-18-5-2-10(22)6-14(18)20(27-29)12-4-3-11(24)7-16(12)25/h2-9H,1H3,(H,28,30). The molecule has 1 amide bonds. The summed E-state index contributed by atoms with van der Waals surface area (Å²) < 4.78 is 68.4. The topological polar surface area (TPSA) is 81.1 Å². The van der Waals surface area contributed by atoms with Crippen molar-refractivity contribution < 1.29 is 26.4 Å². The van der Waals surface area contributed by atoms with Crippen LogP contribution in [0.5, 0.6) is 0 Å². The molecule has 0 bridgehead atoms. The third kappa shape index (κ3) is 4.54. The minimum Gasteiger partial charge on any atom is -0.268 e. The van der Waals surface area contributed by atoms with Gasteiger partial charge in [0.2, 0.25) is 10.0 Å². The van der Waals surface area contributed by atoms with E-state index in [0.29, 0.717) is 22.0 Å². The van der Waals surface area contributed by atoms with Gasteiger partial charge in [0.05, 0.1) is 22.4 Å². The second-order valence-electron chi connectivity index (χ2n) is 7.03. The van der Waals surface area contributed by atoms with E-state index >= 15 is 4.39 Å². The van der Waals surface area contributed by atoms with Crippen LogP contribution in [0.1, 0.15) is 10.4 Å². The molecular weight excluding hydrogens is 502 g/mol. The van der Waals surface area contributed by atoms with Gasteiger partial charge in [-0.05, 0) is 42.5 Å². The first kappa shape index (κ1) is 23.1. The Morgan fingerprint density at radius 1 is 1.00 bits per heavy atom. The van der Waals surface area contributed by atoms with Gasteiger partial charge in [-0.1, -0.05) is 23.2 Å². The van der Waals surface area contributed by atoms with E-state index < -0.39 is 38.9 Å². The second kappa shape index (κ2) is 8.36. The summed E-state index contributed by atoms with van der Waals surface area (Å²) in [4.78, 5) is 12.1. The maximum absolute atomic E-state index is 15.1. The third-order valence-corrected chi connectivity index (χ3v) is 5.72. The molecule has 0 aliphatic heterocycles. The molecule has 0 radical (unpaired) electrons. The van der Waals surface area contributed by atoms with Crippen LogP contribution in [-0.2, 0) is 10.0 Å². The van der Waals surface area contributed by atoms with Gasteiger partial charge in [0.1, 0.15) is 28.8 Å². The van der Waals surface area contributed by atoms with Crippen LogP contribution in [-0.4, -0.2) is 30.4 Å². The van der Waals surface area contributed by atoms with E-state index in [2.05, 4.69) is 5.10 Å². The average Bonchev–Trinajstić information content (AvgIpc) is 3.06. The minimum atomic E-state index is -3.90. The molecule has 4 aromatic rings. The number of aromatic nitrogens is 2. The number of rotatable bonds is 4. The number of sulfonamides is 1.